The van der Waals surface area contributed by atoms with E-state index in [1.54, 1.807) is 0 Å². The molecule has 0 atom stereocenters. The van der Waals surface area contributed by atoms with Crippen LogP contribution in [-0.2, 0) is 9.05 Å². The molecule has 0 spiro atoms. The van der Waals surface area contributed by atoms with Crippen molar-refractivity contribution >= 4 is 31.3 Å². The van der Waals surface area contributed by atoms with E-state index in [4.69, 9.17) is 27.5 Å². The number of pyridine rings is 1. The summed E-state index contributed by atoms with van der Waals surface area (Å²) in [6.07, 6.45) is -5.10. The lowest BCUT2D eigenvalue weighted by atomic mass is 10.3. The molecule has 0 saturated carbocycles. The Kier molecular flexibility index (Phi) is 3.95. The fourth-order valence-corrected chi connectivity index (χ4v) is 1.89. The van der Waals surface area contributed by atoms with Crippen molar-refractivity contribution in [3.63, 3.8) is 0 Å². The maximum Gasteiger partial charge on any atom is 0.573 e. The minimum absolute atomic E-state index is 0.547. The van der Waals surface area contributed by atoms with Gasteiger partial charge in [0.25, 0.3) is 9.05 Å². The highest BCUT2D eigenvalue weighted by Gasteiger charge is 2.34. The van der Waals surface area contributed by atoms with Gasteiger partial charge in [-0.05, 0) is 6.07 Å². The number of halogens is 5. The van der Waals surface area contributed by atoms with Gasteiger partial charge < -0.3 is 4.74 Å². The van der Waals surface area contributed by atoms with Crippen molar-refractivity contribution in [2.24, 2.45) is 0 Å². The third-order valence-corrected chi connectivity index (χ3v) is 2.94. The van der Waals surface area contributed by atoms with Crippen LogP contribution in [0.2, 0.25) is 5.02 Å². The molecule has 18 heavy (non-hydrogen) atoms. The lowest BCUT2D eigenvalue weighted by Gasteiger charge is -2.11. The minimum atomic E-state index is -5.10. The van der Waals surface area contributed by atoms with E-state index in [-0.39, 0.29) is 0 Å². The van der Waals surface area contributed by atoms with Gasteiger partial charge in [-0.1, -0.05) is 11.6 Å². The number of hydrogen-bond acceptors (Lipinski definition) is 5. The van der Waals surface area contributed by atoms with E-state index in [1.807, 2.05) is 0 Å². The number of rotatable bonds is 2. The van der Waals surface area contributed by atoms with Gasteiger partial charge >= 0.3 is 6.36 Å². The molecule has 11 heteroatoms. The quantitative estimate of drug-likeness (QED) is 0.782. The summed E-state index contributed by atoms with van der Waals surface area (Å²) >= 11 is 5.39. The van der Waals surface area contributed by atoms with Crippen molar-refractivity contribution in [1.29, 1.82) is 5.26 Å². The van der Waals surface area contributed by atoms with E-state index in [9.17, 15) is 21.6 Å². The summed E-state index contributed by atoms with van der Waals surface area (Å²) in [5.74, 6) is -1.09. The molecular formula is C7HCl2F3N2O3S. The molecule has 0 aliphatic rings. The lowest BCUT2D eigenvalue weighted by Crippen LogP contribution is -2.18. The first-order valence-electron chi connectivity index (χ1n) is 3.85. The lowest BCUT2D eigenvalue weighted by molar-refractivity contribution is -0.274. The molecule has 0 unspecified atom stereocenters. The Labute approximate surface area is 108 Å². The van der Waals surface area contributed by atoms with E-state index < -0.39 is 36.9 Å². The number of hydrogen-bond donors (Lipinski definition) is 0. The van der Waals surface area contributed by atoms with Gasteiger partial charge in [-0.3, -0.25) is 0 Å². The molecule has 0 aliphatic heterocycles. The highest BCUT2D eigenvalue weighted by atomic mass is 35.7. The molecule has 1 rings (SSSR count). The van der Waals surface area contributed by atoms with Crippen LogP contribution in [0.5, 0.6) is 5.75 Å². The summed E-state index contributed by atoms with van der Waals surface area (Å²) in [6, 6.07) is 1.78. The summed E-state index contributed by atoms with van der Waals surface area (Å²) in [6.45, 7) is 0. The van der Waals surface area contributed by atoms with Crippen LogP contribution in [-0.4, -0.2) is 19.8 Å². The molecule has 0 aliphatic carbocycles. The molecule has 5 nitrogen and oxygen atoms in total. The van der Waals surface area contributed by atoms with Crippen molar-refractivity contribution in [3.05, 3.63) is 16.8 Å². The summed E-state index contributed by atoms with van der Waals surface area (Å²) in [5, 5.41) is 6.97. The zero-order valence-corrected chi connectivity index (χ0v) is 10.3. The van der Waals surface area contributed by atoms with E-state index in [1.165, 1.54) is 6.07 Å². The van der Waals surface area contributed by atoms with Crippen molar-refractivity contribution in [1.82, 2.24) is 4.98 Å². The number of nitrogens with zero attached hydrogens (tertiary/aromatic N) is 2. The van der Waals surface area contributed by atoms with Crippen molar-refractivity contribution in [2.45, 2.75) is 11.4 Å². The topological polar surface area (TPSA) is 80.0 Å². The third-order valence-electron chi connectivity index (χ3n) is 1.48. The van der Waals surface area contributed by atoms with Crippen molar-refractivity contribution in [3.8, 4) is 11.8 Å². The zero-order chi connectivity index (χ0) is 14.1. The van der Waals surface area contributed by atoms with E-state index in [0.717, 1.165) is 0 Å². The molecule has 0 aromatic carbocycles. The minimum Gasteiger partial charge on any atom is -0.401 e. The van der Waals surface area contributed by atoms with E-state index in [0.29, 0.717) is 6.07 Å². The Balaban J connectivity index is 3.45. The number of nitriles is 1. The first kappa shape index (κ1) is 14.8. The maximum absolute atomic E-state index is 12.0. The Morgan fingerprint density at radius 1 is 1.44 bits per heavy atom. The van der Waals surface area contributed by atoms with Crippen LogP contribution in [0.15, 0.2) is 11.1 Å². The summed E-state index contributed by atoms with van der Waals surface area (Å²) < 4.78 is 61.3. The molecule has 0 saturated heterocycles. The summed E-state index contributed by atoms with van der Waals surface area (Å²) in [7, 11) is 0.594. The van der Waals surface area contributed by atoms with Crippen LogP contribution < -0.4 is 4.74 Å². The Hall–Kier alpha value is -1.24. The van der Waals surface area contributed by atoms with Crippen LogP contribution in [0.25, 0.3) is 0 Å². The molecule has 0 N–H and O–H groups in total. The van der Waals surface area contributed by atoms with Gasteiger partial charge in [0.05, 0.1) is 5.02 Å². The highest BCUT2D eigenvalue weighted by molar-refractivity contribution is 8.13. The van der Waals surface area contributed by atoms with Gasteiger partial charge in [0.15, 0.2) is 16.5 Å². The largest absolute Gasteiger partial charge is 0.573 e. The second-order valence-corrected chi connectivity index (χ2v) is 5.64. The summed E-state index contributed by atoms with van der Waals surface area (Å²) in [4.78, 5) is 3.12. The van der Waals surface area contributed by atoms with Gasteiger partial charge in [-0.15, -0.1) is 13.2 Å². The molecule has 0 amide bonds. The smallest absolute Gasteiger partial charge is 0.401 e. The van der Waals surface area contributed by atoms with E-state index in [2.05, 4.69) is 9.72 Å². The van der Waals surface area contributed by atoms with Gasteiger partial charge in [-0.25, -0.2) is 13.4 Å². The fraction of sp³-hybridized carbons (Fsp3) is 0.143. The Morgan fingerprint density at radius 2 is 2.00 bits per heavy atom. The fourth-order valence-electron chi connectivity index (χ4n) is 0.894. The predicted molar refractivity (Wildman–Crippen MR) is 53.7 cm³/mol. The Morgan fingerprint density at radius 3 is 2.39 bits per heavy atom. The first-order chi connectivity index (χ1) is 8.04. The summed E-state index contributed by atoms with van der Waals surface area (Å²) in [5.41, 5.74) is -0.945. The highest BCUT2D eigenvalue weighted by Crippen LogP contribution is 2.34. The predicted octanol–water partition coefficient (Wildman–Crippen LogP) is 2.43. The molecule has 1 heterocycles. The average molecular weight is 321 g/mol. The molecular weight excluding hydrogens is 320 g/mol. The molecule has 0 bridgehead atoms. The SMILES string of the molecule is N#Cc1nc(S(=O)(=O)Cl)cc(Cl)c1OC(F)(F)F. The molecule has 0 fully saturated rings. The van der Waals surface area contributed by atoms with Gasteiger partial charge in [-0.2, -0.15) is 5.26 Å². The second-order valence-electron chi connectivity index (χ2n) is 2.72. The molecule has 98 valence electrons. The monoisotopic (exact) mass is 320 g/mol. The van der Waals surface area contributed by atoms with Crippen LogP contribution >= 0.6 is 22.3 Å². The van der Waals surface area contributed by atoms with Gasteiger partial charge in [0.1, 0.15) is 6.07 Å². The van der Waals surface area contributed by atoms with Crippen LogP contribution in [0.3, 0.4) is 0 Å². The van der Waals surface area contributed by atoms with Crippen molar-refractivity contribution in [2.75, 3.05) is 0 Å². The second kappa shape index (κ2) is 4.79. The van der Waals surface area contributed by atoms with Crippen LogP contribution in [0.4, 0.5) is 13.2 Å². The first-order valence-corrected chi connectivity index (χ1v) is 6.54. The third kappa shape index (κ3) is 3.63. The molecule has 1 aromatic heterocycles. The number of ether oxygens (including phenoxy) is 1. The Bertz CT molecular complexity index is 624. The number of aromatic nitrogens is 1. The zero-order valence-electron chi connectivity index (χ0n) is 7.99. The number of alkyl halides is 3. The molecule has 1 aromatic rings. The average Bonchev–Trinajstić information content (AvgIpc) is 2.17. The normalized spacial score (nSPS) is 12.0. The van der Waals surface area contributed by atoms with Crippen LogP contribution in [0.1, 0.15) is 5.69 Å². The van der Waals surface area contributed by atoms with E-state index >= 15 is 0 Å². The van der Waals surface area contributed by atoms with Gasteiger partial charge in [0.2, 0.25) is 0 Å². The standard InChI is InChI=1S/C7HCl2F3N2O3S/c8-3-1-5(18(9,15)16)14-4(2-13)6(3)17-7(10,11)12/h1H. The molecule has 0 radical (unpaired) electrons. The van der Waals surface area contributed by atoms with Crippen molar-refractivity contribution < 1.29 is 26.3 Å². The maximum atomic E-state index is 12.0. The van der Waals surface area contributed by atoms with Gasteiger partial charge in [0, 0.05) is 10.7 Å². The van der Waals surface area contributed by atoms with Crippen LogP contribution in [0, 0.1) is 11.3 Å².